The Hall–Kier alpha value is -1.42. The van der Waals surface area contributed by atoms with E-state index < -0.39 is 0 Å². The molecule has 17 heavy (non-hydrogen) atoms. The summed E-state index contributed by atoms with van der Waals surface area (Å²) >= 11 is 0. The molecule has 1 atom stereocenters. The zero-order valence-corrected chi connectivity index (χ0v) is 10.3. The Morgan fingerprint density at radius 3 is 2.88 bits per heavy atom. The van der Waals surface area contributed by atoms with Gasteiger partial charge in [0, 0.05) is 13.0 Å². The van der Waals surface area contributed by atoms with E-state index in [0.717, 1.165) is 12.1 Å². The van der Waals surface area contributed by atoms with Crippen molar-refractivity contribution in [2.75, 3.05) is 13.1 Å². The molecule has 94 valence electrons. The zero-order valence-electron chi connectivity index (χ0n) is 10.3. The van der Waals surface area contributed by atoms with E-state index in [1.54, 1.807) is 12.1 Å². The van der Waals surface area contributed by atoms with Crippen LogP contribution in [0.1, 0.15) is 31.9 Å². The maximum Gasteiger partial charge on any atom is 0.221 e. The molecule has 1 rings (SSSR count). The molecule has 0 saturated carbocycles. The van der Waals surface area contributed by atoms with Gasteiger partial charge in [0.2, 0.25) is 5.91 Å². The number of benzene rings is 1. The predicted octanol–water partition coefficient (Wildman–Crippen LogP) is 2.00. The molecule has 0 aromatic heterocycles. The molecule has 0 unspecified atom stereocenters. The van der Waals surface area contributed by atoms with Crippen LogP contribution in [-0.4, -0.2) is 19.0 Å². The molecule has 0 fully saturated rings. The zero-order chi connectivity index (χ0) is 12.7. The average molecular weight is 238 g/mol. The fraction of sp³-hybridized carbons (Fsp3) is 0.462. The van der Waals surface area contributed by atoms with Crippen LogP contribution in [0.3, 0.4) is 0 Å². The Balaban J connectivity index is 2.43. The Kier molecular flexibility index (Phi) is 5.63. The molecule has 4 heteroatoms. The van der Waals surface area contributed by atoms with Crippen LogP contribution in [0.2, 0.25) is 0 Å². The van der Waals surface area contributed by atoms with Crippen LogP contribution in [0.15, 0.2) is 24.3 Å². The summed E-state index contributed by atoms with van der Waals surface area (Å²) in [5, 5.41) is 5.92. The number of hydrogen-bond donors (Lipinski definition) is 2. The smallest absolute Gasteiger partial charge is 0.221 e. The highest BCUT2D eigenvalue weighted by Gasteiger charge is 2.09. The van der Waals surface area contributed by atoms with E-state index >= 15 is 0 Å². The minimum Gasteiger partial charge on any atom is -0.350 e. The Morgan fingerprint density at radius 1 is 1.47 bits per heavy atom. The Labute approximate surface area is 101 Å². The van der Waals surface area contributed by atoms with Crippen molar-refractivity contribution in [2.24, 2.45) is 0 Å². The molecule has 0 heterocycles. The fourth-order valence-corrected chi connectivity index (χ4v) is 1.55. The summed E-state index contributed by atoms with van der Waals surface area (Å²) in [6.45, 7) is 5.36. The first-order valence-electron chi connectivity index (χ1n) is 5.89. The third-order valence-electron chi connectivity index (χ3n) is 2.51. The summed E-state index contributed by atoms with van der Waals surface area (Å²) in [5.41, 5.74) is 0.779. The first-order valence-corrected chi connectivity index (χ1v) is 5.89. The van der Waals surface area contributed by atoms with Gasteiger partial charge in [-0.1, -0.05) is 19.1 Å². The van der Waals surface area contributed by atoms with Crippen molar-refractivity contribution < 1.29 is 9.18 Å². The predicted molar refractivity (Wildman–Crippen MR) is 66.1 cm³/mol. The third-order valence-corrected chi connectivity index (χ3v) is 2.51. The second-order valence-electron chi connectivity index (χ2n) is 3.95. The molecule has 0 spiro atoms. The van der Waals surface area contributed by atoms with Gasteiger partial charge in [-0.2, -0.15) is 0 Å². The van der Waals surface area contributed by atoms with Gasteiger partial charge in [-0.05, 0) is 31.2 Å². The largest absolute Gasteiger partial charge is 0.350 e. The molecule has 2 N–H and O–H groups in total. The van der Waals surface area contributed by atoms with E-state index in [4.69, 9.17) is 0 Å². The van der Waals surface area contributed by atoms with Crippen molar-refractivity contribution in [3.8, 4) is 0 Å². The van der Waals surface area contributed by atoms with Crippen LogP contribution in [0.25, 0.3) is 0 Å². The van der Waals surface area contributed by atoms with Crippen molar-refractivity contribution in [2.45, 2.75) is 26.3 Å². The molecule has 1 amide bonds. The summed E-state index contributed by atoms with van der Waals surface area (Å²) < 4.78 is 13.0. The summed E-state index contributed by atoms with van der Waals surface area (Å²) in [4.78, 5) is 11.5. The van der Waals surface area contributed by atoms with Gasteiger partial charge in [0.1, 0.15) is 5.82 Å². The number of halogens is 1. The lowest BCUT2D eigenvalue weighted by Gasteiger charge is -2.14. The molecule has 0 aliphatic heterocycles. The quantitative estimate of drug-likeness (QED) is 0.744. The van der Waals surface area contributed by atoms with Gasteiger partial charge in [0.25, 0.3) is 0 Å². The van der Waals surface area contributed by atoms with Crippen molar-refractivity contribution in [1.29, 1.82) is 0 Å². The Bertz CT molecular complexity index is 368. The van der Waals surface area contributed by atoms with Gasteiger partial charge in [0.15, 0.2) is 0 Å². The van der Waals surface area contributed by atoms with E-state index in [1.165, 1.54) is 12.1 Å². The van der Waals surface area contributed by atoms with E-state index in [-0.39, 0.29) is 17.8 Å². The van der Waals surface area contributed by atoms with E-state index in [9.17, 15) is 9.18 Å². The topological polar surface area (TPSA) is 41.1 Å². The summed E-state index contributed by atoms with van der Waals surface area (Å²) in [6, 6.07) is 6.11. The molecule has 0 bridgehead atoms. The minimum absolute atomic E-state index is 0.0253. The molecule has 0 aliphatic carbocycles. The Morgan fingerprint density at radius 2 is 2.24 bits per heavy atom. The number of hydrogen-bond acceptors (Lipinski definition) is 2. The number of rotatable bonds is 6. The molecule has 0 saturated heterocycles. The van der Waals surface area contributed by atoms with Gasteiger partial charge in [0.05, 0.1) is 6.04 Å². The number of amides is 1. The highest BCUT2D eigenvalue weighted by molar-refractivity contribution is 5.76. The van der Waals surface area contributed by atoms with Crippen LogP contribution in [0, 0.1) is 5.82 Å². The van der Waals surface area contributed by atoms with Crippen LogP contribution in [0.4, 0.5) is 4.39 Å². The summed E-state index contributed by atoms with van der Waals surface area (Å²) in [5.74, 6) is -0.307. The van der Waals surface area contributed by atoms with E-state index in [2.05, 4.69) is 10.6 Å². The third kappa shape index (κ3) is 4.95. The average Bonchev–Trinajstić information content (AvgIpc) is 2.29. The summed E-state index contributed by atoms with van der Waals surface area (Å²) in [6.07, 6.45) is 0.438. The number of carbonyl (C=O) groups excluding carboxylic acids is 1. The minimum atomic E-state index is -0.281. The van der Waals surface area contributed by atoms with Gasteiger partial charge in [-0.25, -0.2) is 4.39 Å². The number of carbonyl (C=O) groups is 1. The van der Waals surface area contributed by atoms with Crippen molar-refractivity contribution in [3.05, 3.63) is 35.6 Å². The van der Waals surface area contributed by atoms with Gasteiger partial charge in [-0.3, -0.25) is 4.79 Å². The van der Waals surface area contributed by atoms with Crippen LogP contribution >= 0.6 is 0 Å². The SMILES string of the molecule is CCNCCC(=O)N[C@H](C)c1cccc(F)c1. The lowest BCUT2D eigenvalue weighted by atomic mass is 10.1. The van der Waals surface area contributed by atoms with E-state index in [1.807, 2.05) is 13.8 Å². The van der Waals surface area contributed by atoms with Crippen LogP contribution < -0.4 is 10.6 Å². The molecular formula is C13H19FN2O. The first kappa shape index (κ1) is 13.6. The lowest BCUT2D eigenvalue weighted by Crippen LogP contribution is -2.29. The fourth-order valence-electron chi connectivity index (χ4n) is 1.55. The standard InChI is InChI=1S/C13H19FN2O/c1-3-15-8-7-13(17)16-10(2)11-5-4-6-12(14)9-11/h4-6,9-10,15H,3,7-8H2,1-2H3,(H,16,17)/t10-/m1/s1. The number of nitrogens with one attached hydrogen (secondary N) is 2. The summed E-state index contributed by atoms with van der Waals surface area (Å²) in [7, 11) is 0. The van der Waals surface area contributed by atoms with Gasteiger partial charge in [-0.15, -0.1) is 0 Å². The first-order chi connectivity index (χ1) is 8.13. The molecule has 0 aliphatic rings. The van der Waals surface area contributed by atoms with E-state index in [0.29, 0.717) is 13.0 Å². The van der Waals surface area contributed by atoms with Crippen molar-refractivity contribution in [3.63, 3.8) is 0 Å². The highest BCUT2D eigenvalue weighted by Crippen LogP contribution is 2.13. The molecule has 1 aromatic carbocycles. The second kappa shape index (κ2) is 7.01. The van der Waals surface area contributed by atoms with Crippen molar-refractivity contribution in [1.82, 2.24) is 10.6 Å². The monoisotopic (exact) mass is 238 g/mol. The molecule has 1 aromatic rings. The highest BCUT2D eigenvalue weighted by atomic mass is 19.1. The van der Waals surface area contributed by atoms with Gasteiger partial charge < -0.3 is 10.6 Å². The normalized spacial score (nSPS) is 12.2. The molecule has 0 radical (unpaired) electrons. The molecular weight excluding hydrogens is 219 g/mol. The van der Waals surface area contributed by atoms with Crippen molar-refractivity contribution >= 4 is 5.91 Å². The van der Waals surface area contributed by atoms with Crippen LogP contribution in [-0.2, 0) is 4.79 Å². The maximum atomic E-state index is 13.0. The van der Waals surface area contributed by atoms with Gasteiger partial charge >= 0.3 is 0 Å². The molecule has 3 nitrogen and oxygen atoms in total. The van der Waals surface area contributed by atoms with Crippen LogP contribution in [0.5, 0.6) is 0 Å². The lowest BCUT2D eigenvalue weighted by molar-refractivity contribution is -0.121. The maximum absolute atomic E-state index is 13.0. The second-order valence-corrected chi connectivity index (χ2v) is 3.95.